The molecular weight excluding hydrogens is 182 g/mol. The van der Waals surface area contributed by atoms with Gasteiger partial charge in [-0.2, -0.15) is 0 Å². The van der Waals surface area contributed by atoms with E-state index in [9.17, 15) is 0 Å². The summed E-state index contributed by atoms with van der Waals surface area (Å²) in [5.41, 5.74) is 2.80. The molecule has 1 nitrogen and oxygen atoms in total. The molecule has 0 N–H and O–H groups in total. The lowest BCUT2D eigenvalue weighted by Crippen LogP contribution is -2.09. The van der Waals surface area contributed by atoms with Gasteiger partial charge in [-0.05, 0) is 29.2 Å². The van der Waals surface area contributed by atoms with E-state index in [1.54, 1.807) is 0 Å². The second-order valence-electron chi connectivity index (χ2n) is 4.89. The van der Waals surface area contributed by atoms with Crippen molar-refractivity contribution in [3.8, 4) is 5.69 Å². The minimum Gasteiger partial charge on any atom is -0.324 e. The quantitative estimate of drug-likeness (QED) is 0.658. The SMILES string of the molecule is CC(C)(C)c1ccn(-c2ccccc2)c1. The lowest BCUT2D eigenvalue weighted by atomic mass is 9.89. The lowest BCUT2D eigenvalue weighted by Gasteiger charge is -2.16. The molecule has 1 heteroatoms. The van der Waals surface area contributed by atoms with Crippen LogP contribution in [0.1, 0.15) is 26.3 Å². The molecule has 1 aromatic heterocycles. The van der Waals surface area contributed by atoms with Gasteiger partial charge in [0.1, 0.15) is 0 Å². The Labute approximate surface area is 91.4 Å². The van der Waals surface area contributed by atoms with E-state index in [0.29, 0.717) is 0 Å². The van der Waals surface area contributed by atoms with Crippen molar-refractivity contribution in [3.63, 3.8) is 0 Å². The zero-order valence-corrected chi connectivity index (χ0v) is 9.57. The summed E-state index contributed by atoms with van der Waals surface area (Å²) in [4.78, 5) is 0. The molecule has 15 heavy (non-hydrogen) atoms. The number of aromatic nitrogens is 1. The molecule has 0 amide bonds. The first-order valence-corrected chi connectivity index (χ1v) is 5.31. The summed E-state index contributed by atoms with van der Waals surface area (Å²) >= 11 is 0. The summed E-state index contributed by atoms with van der Waals surface area (Å²) < 4.78 is 2.17. The molecule has 0 bridgehead atoms. The van der Waals surface area contributed by atoms with Gasteiger partial charge in [0.2, 0.25) is 0 Å². The zero-order valence-electron chi connectivity index (χ0n) is 9.57. The molecule has 78 valence electrons. The lowest BCUT2D eigenvalue weighted by molar-refractivity contribution is 0.590. The molecule has 2 rings (SSSR count). The summed E-state index contributed by atoms with van der Waals surface area (Å²) in [7, 11) is 0. The molecule has 0 unspecified atom stereocenters. The van der Waals surface area contributed by atoms with Crippen LogP contribution in [0.25, 0.3) is 5.69 Å². The molecule has 1 heterocycles. The number of hydrogen-bond donors (Lipinski definition) is 0. The molecule has 0 aliphatic heterocycles. The normalized spacial score (nSPS) is 11.7. The van der Waals surface area contributed by atoms with Crippen LogP contribution in [-0.4, -0.2) is 4.57 Å². The molecule has 1 aromatic carbocycles. The number of benzene rings is 1. The van der Waals surface area contributed by atoms with Gasteiger partial charge in [0.15, 0.2) is 0 Å². The fourth-order valence-electron chi connectivity index (χ4n) is 1.60. The van der Waals surface area contributed by atoms with E-state index >= 15 is 0 Å². The topological polar surface area (TPSA) is 4.93 Å². The highest BCUT2D eigenvalue weighted by Gasteiger charge is 2.14. The Kier molecular flexibility index (Phi) is 2.39. The molecule has 0 radical (unpaired) electrons. The van der Waals surface area contributed by atoms with Crippen molar-refractivity contribution in [2.45, 2.75) is 26.2 Å². The van der Waals surface area contributed by atoms with E-state index in [-0.39, 0.29) is 5.41 Å². The Bertz CT molecular complexity index is 432. The number of para-hydroxylation sites is 1. The fraction of sp³-hybridized carbons (Fsp3) is 0.286. The maximum atomic E-state index is 2.23. The van der Waals surface area contributed by atoms with E-state index in [4.69, 9.17) is 0 Å². The minimum atomic E-state index is 0.222. The third-order valence-corrected chi connectivity index (χ3v) is 2.61. The van der Waals surface area contributed by atoms with Crippen molar-refractivity contribution in [1.82, 2.24) is 4.57 Å². The smallest absolute Gasteiger partial charge is 0.0449 e. The highest BCUT2D eigenvalue weighted by molar-refractivity contribution is 5.34. The van der Waals surface area contributed by atoms with Gasteiger partial charge in [-0.15, -0.1) is 0 Å². The average molecular weight is 199 g/mol. The minimum absolute atomic E-state index is 0.222. The summed E-state index contributed by atoms with van der Waals surface area (Å²) in [5, 5.41) is 0. The highest BCUT2D eigenvalue weighted by Crippen LogP contribution is 2.23. The Morgan fingerprint density at radius 3 is 2.13 bits per heavy atom. The Hall–Kier alpha value is -1.50. The van der Waals surface area contributed by atoms with Crippen LogP contribution < -0.4 is 0 Å². The Morgan fingerprint density at radius 2 is 1.60 bits per heavy atom. The van der Waals surface area contributed by atoms with Crippen molar-refractivity contribution in [3.05, 3.63) is 54.4 Å². The van der Waals surface area contributed by atoms with Gasteiger partial charge in [0.25, 0.3) is 0 Å². The zero-order chi connectivity index (χ0) is 10.9. The standard InChI is InChI=1S/C14H17N/c1-14(2,3)12-9-10-15(11-12)13-7-5-4-6-8-13/h4-11H,1-3H3. The molecule has 0 fully saturated rings. The third kappa shape index (κ3) is 2.12. The predicted molar refractivity (Wildman–Crippen MR) is 64.5 cm³/mol. The van der Waals surface area contributed by atoms with Crippen LogP contribution in [0.15, 0.2) is 48.8 Å². The van der Waals surface area contributed by atoms with E-state index < -0.39 is 0 Å². The third-order valence-electron chi connectivity index (χ3n) is 2.61. The van der Waals surface area contributed by atoms with Crippen LogP contribution in [0.5, 0.6) is 0 Å². The molecule has 0 aliphatic carbocycles. The highest BCUT2D eigenvalue weighted by atomic mass is 14.9. The average Bonchev–Trinajstić information content (AvgIpc) is 2.67. The van der Waals surface area contributed by atoms with E-state index in [0.717, 1.165) is 0 Å². The van der Waals surface area contributed by atoms with Crippen molar-refractivity contribution in [2.75, 3.05) is 0 Å². The molecule has 2 aromatic rings. The van der Waals surface area contributed by atoms with Crippen molar-refractivity contribution >= 4 is 0 Å². The van der Waals surface area contributed by atoms with Gasteiger partial charge >= 0.3 is 0 Å². The van der Waals surface area contributed by atoms with Gasteiger partial charge in [-0.3, -0.25) is 0 Å². The Balaban J connectivity index is 2.37. The summed E-state index contributed by atoms with van der Waals surface area (Å²) in [6.07, 6.45) is 4.32. The monoisotopic (exact) mass is 199 g/mol. The number of rotatable bonds is 1. The summed E-state index contributed by atoms with van der Waals surface area (Å²) in [6, 6.07) is 12.6. The van der Waals surface area contributed by atoms with Gasteiger partial charge in [-0.25, -0.2) is 0 Å². The largest absolute Gasteiger partial charge is 0.324 e. The van der Waals surface area contributed by atoms with E-state index in [2.05, 4.69) is 68.1 Å². The first-order chi connectivity index (χ1) is 7.07. The van der Waals surface area contributed by atoms with Gasteiger partial charge in [0.05, 0.1) is 0 Å². The second-order valence-corrected chi connectivity index (χ2v) is 4.89. The molecular formula is C14H17N. The summed E-state index contributed by atoms with van der Waals surface area (Å²) in [5.74, 6) is 0. The van der Waals surface area contributed by atoms with Gasteiger partial charge in [-0.1, -0.05) is 39.0 Å². The van der Waals surface area contributed by atoms with Crippen molar-refractivity contribution < 1.29 is 0 Å². The molecule has 0 spiro atoms. The molecule has 0 saturated heterocycles. The fourth-order valence-corrected chi connectivity index (χ4v) is 1.60. The van der Waals surface area contributed by atoms with E-state index in [1.807, 2.05) is 6.07 Å². The Morgan fingerprint density at radius 1 is 0.933 bits per heavy atom. The van der Waals surface area contributed by atoms with Crippen LogP contribution in [0.3, 0.4) is 0 Å². The van der Waals surface area contributed by atoms with Crippen LogP contribution in [0, 0.1) is 0 Å². The van der Waals surface area contributed by atoms with Crippen LogP contribution >= 0.6 is 0 Å². The van der Waals surface area contributed by atoms with Crippen LogP contribution in [0.2, 0.25) is 0 Å². The maximum Gasteiger partial charge on any atom is 0.0449 e. The second kappa shape index (κ2) is 3.58. The maximum absolute atomic E-state index is 2.23. The van der Waals surface area contributed by atoms with Crippen molar-refractivity contribution in [2.24, 2.45) is 0 Å². The van der Waals surface area contributed by atoms with Gasteiger partial charge in [0, 0.05) is 18.1 Å². The van der Waals surface area contributed by atoms with Crippen molar-refractivity contribution in [1.29, 1.82) is 0 Å². The molecule has 0 aliphatic rings. The number of hydrogen-bond acceptors (Lipinski definition) is 0. The first kappa shape index (κ1) is 10.0. The predicted octanol–water partition coefficient (Wildman–Crippen LogP) is 3.77. The number of nitrogens with zero attached hydrogens (tertiary/aromatic N) is 1. The van der Waals surface area contributed by atoms with Crippen LogP contribution in [-0.2, 0) is 5.41 Å². The molecule has 0 atom stereocenters. The van der Waals surface area contributed by atoms with Gasteiger partial charge < -0.3 is 4.57 Å². The molecule has 0 saturated carbocycles. The summed E-state index contributed by atoms with van der Waals surface area (Å²) in [6.45, 7) is 6.70. The first-order valence-electron chi connectivity index (χ1n) is 5.31. The van der Waals surface area contributed by atoms with E-state index in [1.165, 1.54) is 11.3 Å². The van der Waals surface area contributed by atoms with Crippen LogP contribution in [0.4, 0.5) is 0 Å².